The summed E-state index contributed by atoms with van der Waals surface area (Å²) in [5, 5.41) is -1.04. The number of halogens is 1. The number of hydrogen-bond donors (Lipinski definition) is 0. The maximum absolute atomic E-state index is 12.2. The maximum Gasteiger partial charge on any atom is 0.161 e. The Morgan fingerprint density at radius 1 is 1.10 bits per heavy atom. The number of hydrogen-bond acceptors (Lipinski definition) is 4. The minimum Gasteiger partial charge on any atom is -0.490 e. The highest BCUT2D eigenvalue weighted by molar-refractivity contribution is 7.92. The standard InChI is InChI=1S/C15H19ClO4S/c16-15(14-4-1-2-9-21(14,17)18)11-5-6-12-13(10-11)20-8-3-7-19-12/h5-6,10,14-15H,1-4,7-9H2. The average molecular weight is 331 g/mol. The van der Waals surface area contributed by atoms with Gasteiger partial charge in [0.15, 0.2) is 21.3 Å². The van der Waals surface area contributed by atoms with Gasteiger partial charge in [0, 0.05) is 6.42 Å². The highest BCUT2D eigenvalue weighted by Gasteiger charge is 2.35. The van der Waals surface area contributed by atoms with Crippen LogP contribution in [0.15, 0.2) is 18.2 Å². The summed E-state index contributed by atoms with van der Waals surface area (Å²) >= 11 is 6.48. The predicted molar refractivity (Wildman–Crippen MR) is 82.1 cm³/mol. The third kappa shape index (κ3) is 3.14. The molecule has 1 aromatic rings. The van der Waals surface area contributed by atoms with Gasteiger partial charge in [-0.2, -0.15) is 0 Å². The Balaban J connectivity index is 1.87. The lowest BCUT2D eigenvalue weighted by Gasteiger charge is -2.26. The van der Waals surface area contributed by atoms with E-state index in [0.717, 1.165) is 24.8 Å². The fourth-order valence-corrected chi connectivity index (χ4v) is 5.56. The first-order chi connectivity index (χ1) is 10.1. The van der Waals surface area contributed by atoms with Crippen molar-refractivity contribution in [2.24, 2.45) is 0 Å². The van der Waals surface area contributed by atoms with Crippen LogP contribution in [0.4, 0.5) is 0 Å². The molecule has 0 amide bonds. The third-order valence-electron chi connectivity index (χ3n) is 4.05. The second-order valence-corrected chi connectivity index (χ2v) is 8.37. The molecule has 1 saturated heterocycles. The molecule has 2 aliphatic heterocycles. The molecule has 0 aromatic heterocycles. The highest BCUT2D eigenvalue weighted by Crippen LogP contribution is 2.39. The highest BCUT2D eigenvalue weighted by atomic mass is 35.5. The lowest BCUT2D eigenvalue weighted by molar-refractivity contribution is 0.297. The van der Waals surface area contributed by atoms with Crippen LogP contribution in [0.5, 0.6) is 11.5 Å². The smallest absolute Gasteiger partial charge is 0.161 e. The first kappa shape index (κ1) is 15.0. The lowest BCUT2D eigenvalue weighted by Crippen LogP contribution is -2.31. The third-order valence-corrected chi connectivity index (χ3v) is 7.04. The van der Waals surface area contributed by atoms with Crippen LogP contribution in [0.3, 0.4) is 0 Å². The van der Waals surface area contributed by atoms with Crippen LogP contribution in [-0.2, 0) is 9.84 Å². The second kappa shape index (κ2) is 6.05. The normalized spacial score (nSPS) is 25.9. The Morgan fingerprint density at radius 3 is 2.62 bits per heavy atom. The molecule has 2 heterocycles. The molecule has 0 radical (unpaired) electrons. The first-order valence-electron chi connectivity index (χ1n) is 7.33. The van der Waals surface area contributed by atoms with Crippen molar-refractivity contribution in [2.75, 3.05) is 19.0 Å². The lowest BCUT2D eigenvalue weighted by atomic mass is 10.0. The van der Waals surface area contributed by atoms with E-state index in [2.05, 4.69) is 0 Å². The molecule has 2 unspecified atom stereocenters. The molecule has 0 bridgehead atoms. The van der Waals surface area contributed by atoms with E-state index < -0.39 is 20.5 Å². The van der Waals surface area contributed by atoms with Crippen LogP contribution in [0.25, 0.3) is 0 Å². The summed E-state index contributed by atoms with van der Waals surface area (Å²) in [4.78, 5) is 0. The Morgan fingerprint density at radius 2 is 1.86 bits per heavy atom. The Hall–Kier alpha value is -0.940. The van der Waals surface area contributed by atoms with Gasteiger partial charge in [-0.3, -0.25) is 0 Å². The Labute approximate surface area is 130 Å². The van der Waals surface area contributed by atoms with E-state index in [-0.39, 0.29) is 5.75 Å². The Bertz CT molecular complexity index is 614. The average Bonchev–Trinajstić information content (AvgIpc) is 2.70. The van der Waals surface area contributed by atoms with Gasteiger partial charge in [-0.25, -0.2) is 8.42 Å². The molecule has 116 valence electrons. The van der Waals surface area contributed by atoms with E-state index in [1.54, 1.807) is 0 Å². The molecule has 21 heavy (non-hydrogen) atoms. The largest absolute Gasteiger partial charge is 0.490 e. The summed E-state index contributed by atoms with van der Waals surface area (Å²) in [6.45, 7) is 1.23. The molecule has 0 N–H and O–H groups in total. The molecule has 1 aromatic carbocycles. The SMILES string of the molecule is O=S1(=O)CCCCC1C(Cl)c1ccc2c(c1)OCCCO2. The number of fused-ring (bicyclic) bond motifs is 1. The van der Waals surface area contributed by atoms with Crippen LogP contribution >= 0.6 is 11.6 Å². The molecule has 4 nitrogen and oxygen atoms in total. The molecule has 6 heteroatoms. The molecule has 0 spiro atoms. The first-order valence-corrected chi connectivity index (χ1v) is 9.48. The molecule has 2 atom stereocenters. The quantitative estimate of drug-likeness (QED) is 0.782. The minimum absolute atomic E-state index is 0.242. The zero-order valence-corrected chi connectivity index (χ0v) is 13.3. The predicted octanol–water partition coefficient (Wildman–Crippen LogP) is 3.10. The second-order valence-electron chi connectivity index (χ2n) is 5.56. The van der Waals surface area contributed by atoms with E-state index >= 15 is 0 Å². The van der Waals surface area contributed by atoms with Crippen molar-refractivity contribution in [3.63, 3.8) is 0 Å². The van der Waals surface area contributed by atoms with Crippen molar-refractivity contribution < 1.29 is 17.9 Å². The monoisotopic (exact) mass is 330 g/mol. The summed E-state index contributed by atoms with van der Waals surface area (Å²) in [6.07, 6.45) is 3.12. The number of alkyl halides is 1. The van der Waals surface area contributed by atoms with Crippen molar-refractivity contribution in [1.82, 2.24) is 0 Å². The van der Waals surface area contributed by atoms with Gasteiger partial charge >= 0.3 is 0 Å². The number of ether oxygens (including phenoxy) is 2. The van der Waals surface area contributed by atoms with Crippen LogP contribution < -0.4 is 9.47 Å². The van der Waals surface area contributed by atoms with Gasteiger partial charge < -0.3 is 9.47 Å². The van der Waals surface area contributed by atoms with Crippen LogP contribution in [0, 0.1) is 0 Å². The summed E-state index contributed by atoms with van der Waals surface area (Å²) in [5.74, 6) is 1.60. The van der Waals surface area contributed by atoms with Gasteiger partial charge in [-0.1, -0.05) is 12.5 Å². The number of benzene rings is 1. The molecule has 1 fully saturated rings. The van der Waals surface area contributed by atoms with Crippen molar-refractivity contribution >= 4 is 21.4 Å². The number of rotatable bonds is 2. The minimum atomic E-state index is -3.10. The van der Waals surface area contributed by atoms with Crippen LogP contribution in [0.1, 0.15) is 36.6 Å². The fourth-order valence-electron chi connectivity index (χ4n) is 2.87. The van der Waals surface area contributed by atoms with Gasteiger partial charge in [0.1, 0.15) is 0 Å². The summed E-state index contributed by atoms with van der Waals surface area (Å²) in [7, 11) is -3.10. The van der Waals surface area contributed by atoms with E-state index in [1.807, 2.05) is 18.2 Å². The molecular formula is C15H19ClO4S. The van der Waals surface area contributed by atoms with Crippen LogP contribution in [0.2, 0.25) is 0 Å². The van der Waals surface area contributed by atoms with Gasteiger partial charge in [-0.05, 0) is 30.5 Å². The summed E-state index contributed by atoms with van der Waals surface area (Å²) in [6, 6.07) is 5.48. The van der Waals surface area contributed by atoms with Gasteiger partial charge in [0.05, 0.1) is 29.6 Å². The van der Waals surface area contributed by atoms with E-state index in [4.69, 9.17) is 21.1 Å². The van der Waals surface area contributed by atoms with Gasteiger partial charge in [-0.15, -0.1) is 11.6 Å². The van der Waals surface area contributed by atoms with E-state index in [9.17, 15) is 8.42 Å². The molecular weight excluding hydrogens is 312 g/mol. The fraction of sp³-hybridized carbons (Fsp3) is 0.600. The van der Waals surface area contributed by atoms with E-state index in [1.165, 1.54) is 0 Å². The molecule has 0 aliphatic carbocycles. The zero-order chi connectivity index (χ0) is 14.9. The van der Waals surface area contributed by atoms with Crippen molar-refractivity contribution in [2.45, 2.75) is 36.3 Å². The van der Waals surface area contributed by atoms with Gasteiger partial charge in [0.2, 0.25) is 0 Å². The van der Waals surface area contributed by atoms with Crippen LogP contribution in [-0.4, -0.2) is 32.6 Å². The topological polar surface area (TPSA) is 52.6 Å². The molecule has 0 saturated carbocycles. The molecule has 2 aliphatic rings. The van der Waals surface area contributed by atoms with E-state index in [0.29, 0.717) is 31.1 Å². The Kier molecular flexibility index (Phi) is 4.31. The zero-order valence-electron chi connectivity index (χ0n) is 11.8. The number of sulfone groups is 1. The van der Waals surface area contributed by atoms with Crippen molar-refractivity contribution in [3.8, 4) is 11.5 Å². The molecule has 3 rings (SSSR count). The van der Waals surface area contributed by atoms with Gasteiger partial charge in [0.25, 0.3) is 0 Å². The summed E-state index contributed by atoms with van der Waals surface area (Å²) < 4.78 is 35.6. The van der Waals surface area contributed by atoms with Crippen molar-refractivity contribution in [3.05, 3.63) is 23.8 Å². The maximum atomic E-state index is 12.2. The summed E-state index contributed by atoms with van der Waals surface area (Å²) in [5.41, 5.74) is 0.788. The van der Waals surface area contributed by atoms with Crippen molar-refractivity contribution in [1.29, 1.82) is 0 Å².